The molecular formula is C21H24O2. The predicted molar refractivity (Wildman–Crippen MR) is 93.5 cm³/mol. The maximum atomic E-state index is 12.6. The number of hydrogen-bond acceptors (Lipinski definition) is 2. The molecule has 0 saturated carbocycles. The lowest BCUT2D eigenvalue weighted by Gasteiger charge is -2.21. The van der Waals surface area contributed by atoms with E-state index in [2.05, 4.69) is 47.6 Å². The van der Waals surface area contributed by atoms with Gasteiger partial charge in [0, 0.05) is 5.56 Å². The van der Waals surface area contributed by atoms with Crippen molar-refractivity contribution >= 4 is 5.97 Å². The van der Waals surface area contributed by atoms with Crippen LogP contribution in [-0.4, -0.2) is 5.97 Å². The average Bonchev–Trinajstić information content (AvgIpc) is 2.80. The van der Waals surface area contributed by atoms with E-state index in [9.17, 15) is 4.79 Å². The molecule has 0 fully saturated rings. The fourth-order valence-corrected chi connectivity index (χ4v) is 3.66. The van der Waals surface area contributed by atoms with Crippen LogP contribution in [0.25, 0.3) is 0 Å². The topological polar surface area (TPSA) is 26.3 Å². The second-order valence-corrected chi connectivity index (χ2v) is 6.87. The highest BCUT2D eigenvalue weighted by atomic mass is 16.5. The Bertz CT molecular complexity index is 815. The van der Waals surface area contributed by atoms with Crippen LogP contribution in [0.1, 0.15) is 56.0 Å². The zero-order chi connectivity index (χ0) is 17.0. The van der Waals surface area contributed by atoms with Crippen molar-refractivity contribution in [1.82, 2.24) is 0 Å². The van der Waals surface area contributed by atoms with Gasteiger partial charge >= 0.3 is 5.97 Å². The molecule has 2 heteroatoms. The van der Waals surface area contributed by atoms with Gasteiger partial charge in [0.25, 0.3) is 0 Å². The third kappa shape index (κ3) is 2.20. The normalized spacial score (nSPS) is 16.5. The van der Waals surface area contributed by atoms with Crippen LogP contribution >= 0.6 is 0 Å². The van der Waals surface area contributed by atoms with Crippen molar-refractivity contribution < 1.29 is 9.53 Å². The summed E-state index contributed by atoms with van der Waals surface area (Å²) >= 11 is 0. The number of fused-ring (bicyclic) bond motifs is 1. The summed E-state index contributed by atoms with van der Waals surface area (Å²) < 4.78 is 5.59. The summed E-state index contributed by atoms with van der Waals surface area (Å²) in [5, 5.41) is 0. The molecular weight excluding hydrogens is 284 g/mol. The number of ether oxygens (including phenoxy) is 1. The first-order chi connectivity index (χ1) is 10.7. The van der Waals surface area contributed by atoms with E-state index in [1.807, 2.05) is 13.0 Å². The van der Waals surface area contributed by atoms with E-state index in [-0.39, 0.29) is 11.9 Å². The van der Waals surface area contributed by atoms with E-state index >= 15 is 0 Å². The number of aryl methyl sites for hydroxylation is 2. The van der Waals surface area contributed by atoms with Gasteiger partial charge in [-0.3, -0.25) is 4.79 Å². The van der Waals surface area contributed by atoms with Crippen LogP contribution in [0.2, 0.25) is 0 Å². The summed E-state index contributed by atoms with van der Waals surface area (Å²) in [5.41, 5.74) is 10.8. The van der Waals surface area contributed by atoms with Crippen LogP contribution < -0.4 is 4.74 Å². The van der Waals surface area contributed by atoms with Crippen LogP contribution in [-0.2, 0) is 4.79 Å². The fraction of sp³-hybridized carbons (Fsp3) is 0.381. The number of rotatable bonds is 1. The van der Waals surface area contributed by atoms with Gasteiger partial charge in [0.2, 0.25) is 0 Å². The zero-order valence-corrected chi connectivity index (χ0v) is 15.0. The van der Waals surface area contributed by atoms with Gasteiger partial charge < -0.3 is 4.74 Å². The van der Waals surface area contributed by atoms with E-state index in [4.69, 9.17) is 4.74 Å². The highest BCUT2D eigenvalue weighted by Gasteiger charge is 2.37. The third-order valence-corrected chi connectivity index (χ3v) is 5.73. The van der Waals surface area contributed by atoms with Crippen molar-refractivity contribution in [3.8, 4) is 5.75 Å². The molecule has 2 aromatic rings. The number of carbonyl (C=O) groups is 1. The smallest absolute Gasteiger partial charge is 0.323 e. The van der Waals surface area contributed by atoms with Crippen molar-refractivity contribution in [1.29, 1.82) is 0 Å². The third-order valence-electron chi connectivity index (χ3n) is 5.73. The summed E-state index contributed by atoms with van der Waals surface area (Å²) in [6, 6.07) is 4.10. The first-order valence-electron chi connectivity index (χ1n) is 8.13. The summed E-state index contributed by atoms with van der Waals surface area (Å²) in [6.07, 6.45) is 0. The highest BCUT2D eigenvalue weighted by Crippen LogP contribution is 2.44. The largest absolute Gasteiger partial charge is 0.425 e. The minimum absolute atomic E-state index is 0.154. The lowest BCUT2D eigenvalue weighted by molar-refractivity contribution is -0.133. The van der Waals surface area contributed by atoms with Crippen LogP contribution in [0.4, 0.5) is 0 Å². The average molecular weight is 308 g/mol. The first kappa shape index (κ1) is 15.8. The van der Waals surface area contributed by atoms with Gasteiger partial charge in [-0.05, 0) is 99.0 Å². The fourth-order valence-electron chi connectivity index (χ4n) is 3.66. The van der Waals surface area contributed by atoms with E-state index in [1.54, 1.807) is 0 Å². The van der Waals surface area contributed by atoms with Crippen molar-refractivity contribution in [2.24, 2.45) is 0 Å². The lowest BCUT2D eigenvalue weighted by atomic mass is 9.80. The molecule has 1 atom stereocenters. The summed E-state index contributed by atoms with van der Waals surface area (Å²) in [7, 11) is 0. The quantitative estimate of drug-likeness (QED) is 0.553. The van der Waals surface area contributed by atoms with Gasteiger partial charge in [-0.1, -0.05) is 6.07 Å². The molecule has 1 aliphatic heterocycles. The number of hydrogen-bond donors (Lipinski definition) is 0. The summed E-state index contributed by atoms with van der Waals surface area (Å²) in [5.74, 6) is 0.263. The molecule has 2 nitrogen and oxygen atoms in total. The lowest BCUT2D eigenvalue weighted by Crippen LogP contribution is -2.16. The molecule has 23 heavy (non-hydrogen) atoms. The zero-order valence-electron chi connectivity index (χ0n) is 15.0. The Hall–Kier alpha value is -2.09. The minimum atomic E-state index is -0.303. The second-order valence-electron chi connectivity index (χ2n) is 6.87. The SMILES string of the molecule is Cc1cc2c(cc1C)C(c1c(C)c(C)c(C)c(C)c1C)C(=O)O2. The van der Waals surface area contributed by atoms with E-state index in [0.717, 1.165) is 22.4 Å². The molecule has 0 amide bonds. The molecule has 120 valence electrons. The van der Waals surface area contributed by atoms with Crippen molar-refractivity contribution in [2.45, 2.75) is 54.4 Å². The highest BCUT2D eigenvalue weighted by molar-refractivity contribution is 5.90. The van der Waals surface area contributed by atoms with Crippen LogP contribution in [0, 0.1) is 48.5 Å². The molecule has 0 radical (unpaired) electrons. The number of esters is 1. The molecule has 0 aromatic heterocycles. The van der Waals surface area contributed by atoms with Gasteiger partial charge in [0.1, 0.15) is 11.7 Å². The Morgan fingerprint density at radius 3 is 1.78 bits per heavy atom. The molecule has 1 unspecified atom stereocenters. The van der Waals surface area contributed by atoms with E-state index < -0.39 is 0 Å². The van der Waals surface area contributed by atoms with Crippen molar-refractivity contribution in [3.63, 3.8) is 0 Å². The number of benzene rings is 2. The molecule has 0 aliphatic carbocycles. The molecule has 0 saturated heterocycles. The van der Waals surface area contributed by atoms with Gasteiger partial charge in [-0.15, -0.1) is 0 Å². The number of carbonyl (C=O) groups excluding carboxylic acids is 1. The Kier molecular flexibility index (Phi) is 3.59. The van der Waals surface area contributed by atoms with Gasteiger partial charge in [-0.25, -0.2) is 0 Å². The molecule has 0 bridgehead atoms. The van der Waals surface area contributed by atoms with E-state index in [0.29, 0.717) is 0 Å². The van der Waals surface area contributed by atoms with Gasteiger partial charge in [0.15, 0.2) is 0 Å². The maximum Gasteiger partial charge on any atom is 0.323 e. The van der Waals surface area contributed by atoms with Crippen LogP contribution in [0.3, 0.4) is 0 Å². The molecule has 2 aromatic carbocycles. The van der Waals surface area contributed by atoms with Gasteiger partial charge in [-0.2, -0.15) is 0 Å². The van der Waals surface area contributed by atoms with Crippen LogP contribution in [0.15, 0.2) is 12.1 Å². The molecule has 1 heterocycles. The Labute approximate surface area is 138 Å². The second kappa shape index (κ2) is 5.23. The predicted octanol–water partition coefficient (Wildman–Crippen LogP) is 4.90. The summed E-state index contributed by atoms with van der Waals surface area (Å²) in [6.45, 7) is 14.8. The van der Waals surface area contributed by atoms with Crippen LogP contribution in [0.5, 0.6) is 5.75 Å². The minimum Gasteiger partial charge on any atom is -0.425 e. The Morgan fingerprint density at radius 1 is 0.739 bits per heavy atom. The molecule has 0 spiro atoms. The molecule has 3 rings (SSSR count). The van der Waals surface area contributed by atoms with Gasteiger partial charge in [0.05, 0.1) is 0 Å². The monoisotopic (exact) mass is 308 g/mol. The van der Waals surface area contributed by atoms with Crippen molar-refractivity contribution in [3.05, 3.63) is 62.2 Å². The van der Waals surface area contributed by atoms with Crippen molar-refractivity contribution in [2.75, 3.05) is 0 Å². The molecule has 0 N–H and O–H groups in total. The first-order valence-corrected chi connectivity index (χ1v) is 8.13. The summed E-state index contributed by atoms with van der Waals surface area (Å²) in [4.78, 5) is 12.6. The van der Waals surface area contributed by atoms with E-state index in [1.165, 1.54) is 33.4 Å². The Balaban J connectivity index is 2.30. The maximum absolute atomic E-state index is 12.6. The Morgan fingerprint density at radius 2 is 1.22 bits per heavy atom. The molecule has 1 aliphatic rings. The standard InChI is InChI=1S/C21H24O2/c1-10-8-17-18(9-11(10)2)23-21(22)20(17)19-15(6)13(4)12(3)14(5)16(19)7/h8-9,20H,1-7H3.